The first-order valence-corrected chi connectivity index (χ1v) is 8.01. The van der Waals surface area contributed by atoms with Crippen molar-refractivity contribution in [2.24, 2.45) is 5.92 Å². The molecule has 2 amide bonds. The molecule has 0 bridgehead atoms. The summed E-state index contributed by atoms with van der Waals surface area (Å²) in [6.45, 7) is 9.28. The molecule has 0 atom stereocenters. The predicted octanol–water partition coefficient (Wildman–Crippen LogP) is 2.78. The summed E-state index contributed by atoms with van der Waals surface area (Å²) in [5.74, 6) is 0.846. The van der Waals surface area contributed by atoms with Crippen LogP contribution in [0, 0.1) is 5.92 Å². The van der Waals surface area contributed by atoms with Gasteiger partial charge in [-0.15, -0.1) is 0 Å². The molecule has 1 saturated heterocycles. The van der Waals surface area contributed by atoms with E-state index < -0.39 is 0 Å². The summed E-state index contributed by atoms with van der Waals surface area (Å²) in [6.07, 6.45) is 1.25. The number of likely N-dealkylation sites (tertiary alicyclic amines) is 1. The number of nitrogens with one attached hydrogen (secondary N) is 1. The minimum Gasteiger partial charge on any atom is -0.466 e. The molecule has 0 aliphatic carbocycles. The molecule has 0 aromatic carbocycles. The predicted molar refractivity (Wildman–Crippen MR) is 85.2 cm³/mol. The van der Waals surface area contributed by atoms with Crippen LogP contribution < -0.4 is 5.32 Å². The van der Waals surface area contributed by atoms with Crippen molar-refractivity contribution in [1.29, 1.82) is 0 Å². The van der Waals surface area contributed by atoms with Gasteiger partial charge in [0.15, 0.2) is 5.82 Å². The molecular formula is C16H25N3O4. The number of hydrogen-bond acceptors (Lipinski definition) is 5. The molecule has 1 N–H and O–H groups in total. The Morgan fingerprint density at radius 2 is 2.04 bits per heavy atom. The van der Waals surface area contributed by atoms with Crippen molar-refractivity contribution in [1.82, 2.24) is 10.1 Å². The zero-order valence-electron chi connectivity index (χ0n) is 14.2. The van der Waals surface area contributed by atoms with Crippen LogP contribution in [-0.4, -0.2) is 41.8 Å². The van der Waals surface area contributed by atoms with Crippen LogP contribution in [0.15, 0.2) is 10.6 Å². The van der Waals surface area contributed by atoms with Gasteiger partial charge in [0, 0.05) is 24.6 Å². The molecule has 1 aromatic heterocycles. The minimum absolute atomic E-state index is 0.112. The number of aromatic nitrogens is 1. The summed E-state index contributed by atoms with van der Waals surface area (Å²) in [4.78, 5) is 25.6. The van der Waals surface area contributed by atoms with E-state index in [2.05, 4.69) is 10.5 Å². The van der Waals surface area contributed by atoms with Gasteiger partial charge in [-0.2, -0.15) is 0 Å². The Kier molecular flexibility index (Phi) is 5.28. The molecule has 7 nitrogen and oxygen atoms in total. The Hall–Kier alpha value is -2.05. The van der Waals surface area contributed by atoms with Crippen LogP contribution in [0.25, 0.3) is 0 Å². The van der Waals surface area contributed by atoms with Gasteiger partial charge in [-0.25, -0.2) is 4.79 Å². The zero-order valence-corrected chi connectivity index (χ0v) is 14.2. The van der Waals surface area contributed by atoms with Gasteiger partial charge in [-0.1, -0.05) is 25.9 Å². The number of esters is 1. The highest BCUT2D eigenvalue weighted by Gasteiger charge is 2.29. The molecule has 2 heterocycles. The number of carbonyl (C=O) groups excluding carboxylic acids is 2. The monoisotopic (exact) mass is 323 g/mol. The Labute approximate surface area is 136 Å². The summed E-state index contributed by atoms with van der Waals surface area (Å²) < 4.78 is 10.3. The number of urea groups is 1. The second-order valence-corrected chi connectivity index (χ2v) is 6.77. The second-order valence-electron chi connectivity index (χ2n) is 6.77. The van der Waals surface area contributed by atoms with E-state index in [0.717, 1.165) is 0 Å². The van der Waals surface area contributed by atoms with E-state index in [1.54, 1.807) is 17.9 Å². The van der Waals surface area contributed by atoms with Gasteiger partial charge < -0.3 is 14.2 Å². The maximum atomic E-state index is 12.2. The van der Waals surface area contributed by atoms with Crippen LogP contribution in [0.3, 0.4) is 0 Å². The van der Waals surface area contributed by atoms with E-state index in [1.807, 2.05) is 20.8 Å². The average Bonchev–Trinajstić information content (AvgIpc) is 2.96. The smallest absolute Gasteiger partial charge is 0.323 e. The number of carbonyl (C=O) groups is 2. The van der Waals surface area contributed by atoms with Gasteiger partial charge >= 0.3 is 12.0 Å². The van der Waals surface area contributed by atoms with E-state index in [0.29, 0.717) is 44.1 Å². The highest BCUT2D eigenvalue weighted by atomic mass is 16.5. The third kappa shape index (κ3) is 4.46. The van der Waals surface area contributed by atoms with Crippen molar-refractivity contribution < 1.29 is 18.8 Å². The van der Waals surface area contributed by atoms with Crippen LogP contribution in [0.4, 0.5) is 10.6 Å². The van der Waals surface area contributed by atoms with Gasteiger partial charge in [0.25, 0.3) is 0 Å². The molecule has 128 valence electrons. The normalized spacial score (nSPS) is 16.3. The molecular weight excluding hydrogens is 298 g/mol. The van der Waals surface area contributed by atoms with Crippen molar-refractivity contribution >= 4 is 17.8 Å². The second kappa shape index (κ2) is 7.02. The van der Waals surface area contributed by atoms with Gasteiger partial charge in [0.2, 0.25) is 0 Å². The highest BCUT2D eigenvalue weighted by Crippen LogP contribution is 2.25. The topological polar surface area (TPSA) is 84.7 Å². The fourth-order valence-corrected chi connectivity index (χ4v) is 2.45. The Morgan fingerprint density at radius 3 is 2.57 bits per heavy atom. The van der Waals surface area contributed by atoms with Gasteiger partial charge in [0.05, 0.1) is 12.5 Å². The fraction of sp³-hybridized carbons (Fsp3) is 0.688. The number of nitrogens with zero attached hydrogens (tertiary/aromatic N) is 2. The maximum Gasteiger partial charge on any atom is 0.323 e. The van der Waals surface area contributed by atoms with Crippen LogP contribution in [0.5, 0.6) is 0 Å². The lowest BCUT2D eigenvalue weighted by Crippen LogP contribution is -2.42. The average molecular weight is 323 g/mol. The summed E-state index contributed by atoms with van der Waals surface area (Å²) in [5.41, 5.74) is -0.159. The van der Waals surface area contributed by atoms with E-state index in [9.17, 15) is 9.59 Å². The number of rotatable bonds is 3. The molecule has 2 rings (SSSR count). The molecule has 1 aliphatic rings. The number of ether oxygens (including phenoxy) is 1. The van der Waals surface area contributed by atoms with E-state index in [-0.39, 0.29) is 23.3 Å². The van der Waals surface area contributed by atoms with Gasteiger partial charge in [-0.05, 0) is 19.8 Å². The minimum atomic E-state index is -0.221. The zero-order chi connectivity index (χ0) is 17.0. The molecule has 0 unspecified atom stereocenters. The molecule has 0 saturated carbocycles. The van der Waals surface area contributed by atoms with Crippen molar-refractivity contribution in [2.45, 2.75) is 46.0 Å². The van der Waals surface area contributed by atoms with Crippen molar-refractivity contribution in [2.75, 3.05) is 25.0 Å². The number of hydrogen-bond donors (Lipinski definition) is 1. The molecule has 0 spiro atoms. The number of anilines is 1. The summed E-state index contributed by atoms with van der Waals surface area (Å²) in [6, 6.07) is 1.52. The third-order valence-electron chi connectivity index (χ3n) is 3.89. The molecule has 23 heavy (non-hydrogen) atoms. The summed E-state index contributed by atoms with van der Waals surface area (Å²) in [5, 5.41) is 6.62. The van der Waals surface area contributed by atoms with E-state index in [1.165, 1.54) is 0 Å². The maximum absolute atomic E-state index is 12.2. The van der Waals surface area contributed by atoms with Crippen LogP contribution in [-0.2, 0) is 14.9 Å². The lowest BCUT2D eigenvalue weighted by Gasteiger charge is -2.30. The molecule has 0 radical (unpaired) electrons. The number of amides is 2. The van der Waals surface area contributed by atoms with Gasteiger partial charge in [-0.3, -0.25) is 10.1 Å². The molecule has 1 aliphatic heterocycles. The molecule has 1 fully saturated rings. The quantitative estimate of drug-likeness (QED) is 0.865. The third-order valence-corrected chi connectivity index (χ3v) is 3.89. The Bertz CT molecular complexity index is 554. The summed E-state index contributed by atoms with van der Waals surface area (Å²) >= 11 is 0. The largest absolute Gasteiger partial charge is 0.466 e. The first-order chi connectivity index (χ1) is 10.8. The van der Waals surface area contributed by atoms with E-state index >= 15 is 0 Å². The standard InChI is InChI=1S/C16H25N3O4/c1-5-22-14(20)11-6-8-19(9-7-11)15(21)17-13-10-12(23-18-13)16(2,3)4/h10-11H,5-9H2,1-4H3,(H,17,18,21). The lowest BCUT2D eigenvalue weighted by atomic mass is 9.93. The Balaban J connectivity index is 1.86. The van der Waals surface area contributed by atoms with Crippen LogP contribution in [0.1, 0.15) is 46.3 Å². The fourth-order valence-electron chi connectivity index (χ4n) is 2.45. The molecule has 7 heteroatoms. The highest BCUT2D eigenvalue weighted by molar-refractivity contribution is 5.88. The molecule has 1 aromatic rings. The first-order valence-electron chi connectivity index (χ1n) is 8.01. The summed E-state index contributed by atoms with van der Waals surface area (Å²) in [7, 11) is 0. The SMILES string of the molecule is CCOC(=O)C1CCN(C(=O)Nc2cc(C(C)(C)C)on2)CC1. The Morgan fingerprint density at radius 1 is 1.39 bits per heavy atom. The van der Waals surface area contributed by atoms with Crippen LogP contribution in [0.2, 0.25) is 0 Å². The van der Waals surface area contributed by atoms with Crippen molar-refractivity contribution in [3.05, 3.63) is 11.8 Å². The van der Waals surface area contributed by atoms with Crippen molar-refractivity contribution in [3.8, 4) is 0 Å². The van der Waals surface area contributed by atoms with Gasteiger partial charge in [0.1, 0.15) is 5.76 Å². The van der Waals surface area contributed by atoms with Crippen molar-refractivity contribution in [3.63, 3.8) is 0 Å². The lowest BCUT2D eigenvalue weighted by molar-refractivity contribution is -0.149. The first kappa shape index (κ1) is 17.3. The van der Waals surface area contributed by atoms with Crippen LogP contribution >= 0.6 is 0 Å². The number of piperidine rings is 1. The van der Waals surface area contributed by atoms with E-state index in [4.69, 9.17) is 9.26 Å².